The molecule has 0 bridgehead atoms. The van der Waals surface area contributed by atoms with Crippen LogP contribution in [0.3, 0.4) is 0 Å². The molecule has 1 saturated heterocycles. The lowest BCUT2D eigenvalue weighted by molar-refractivity contribution is -0.131. The number of likely N-dealkylation sites (N-methyl/N-ethyl adjacent to an activating group) is 1. The highest BCUT2D eigenvalue weighted by Gasteiger charge is 2.16. The average Bonchev–Trinajstić information content (AvgIpc) is 2.18. The Hall–Kier alpha value is -0.610. The molecule has 4 nitrogen and oxygen atoms in total. The topological polar surface area (TPSA) is 35.6 Å². The number of nitrogens with one attached hydrogen (secondary N) is 1. The van der Waals surface area contributed by atoms with Crippen LogP contribution in [0.4, 0.5) is 0 Å². The first-order valence-corrected chi connectivity index (χ1v) is 5.76. The van der Waals surface area contributed by atoms with E-state index in [9.17, 15) is 4.79 Å². The maximum Gasteiger partial charge on any atom is 0.236 e. The molecule has 0 aliphatic carbocycles. The molecule has 0 saturated carbocycles. The molecule has 1 N–H and O–H groups in total. The summed E-state index contributed by atoms with van der Waals surface area (Å²) >= 11 is 0. The Labute approximate surface area is 92.6 Å². The zero-order chi connectivity index (χ0) is 11.3. The number of hydrogen-bond donors (Lipinski definition) is 1. The fourth-order valence-corrected chi connectivity index (χ4v) is 1.83. The lowest BCUT2D eigenvalue weighted by Crippen LogP contribution is -2.48. The summed E-state index contributed by atoms with van der Waals surface area (Å²) in [6.45, 7) is 9.67. The highest BCUT2D eigenvalue weighted by atomic mass is 16.2. The van der Waals surface area contributed by atoms with E-state index in [1.54, 1.807) is 0 Å². The van der Waals surface area contributed by atoms with Gasteiger partial charge in [0.2, 0.25) is 5.91 Å². The molecule has 0 aromatic carbocycles. The van der Waals surface area contributed by atoms with Crippen molar-refractivity contribution in [3.05, 3.63) is 0 Å². The number of carbonyl (C=O) groups is 1. The van der Waals surface area contributed by atoms with E-state index in [2.05, 4.69) is 24.1 Å². The van der Waals surface area contributed by atoms with Crippen LogP contribution in [0.5, 0.6) is 0 Å². The Morgan fingerprint density at radius 3 is 2.53 bits per heavy atom. The van der Waals surface area contributed by atoms with Crippen molar-refractivity contribution >= 4 is 5.91 Å². The third kappa shape index (κ3) is 4.62. The molecular weight excluding hydrogens is 190 g/mol. The van der Waals surface area contributed by atoms with Gasteiger partial charge < -0.3 is 10.2 Å². The van der Waals surface area contributed by atoms with Crippen LogP contribution < -0.4 is 5.32 Å². The minimum Gasteiger partial charge on any atom is -0.344 e. The van der Waals surface area contributed by atoms with Gasteiger partial charge in [-0.3, -0.25) is 9.69 Å². The summed E-state index contributed by atoms with van der Waals surface area (Å²) in [7, 11) is 1.89. The first-order valence-electron chi connectivity index (χ1n) is 5.76. The van der Waals surface area contributed by atoms with E-state index in [4.69, 9.17) is 0 Å². The zero-order valence-electron chi connectivity index (χ0n) is 10.1. The third-order valence-corrected chi connectivity index (χ3v) is 2.63. The largest absolute Gasteiger partial charge is 0.344 e. The van der Waals surface area contributed by atoms with Crippen LogP contribution in [-0.2, 0) is 4.79 Å². The minimum absolute atomic E-state index is 0.241. The van der Waals surface area contributed by atoms with Gasteiger partial charge in [-0.2, -0.15) is 0 Å². The van der Waals surface area contributed by atoms with Crippen LogP contribution in [0.2, 0.25) is 0 Å². The Kier molecular flexibility index (Phi) is 5.05. The van der Waals surface area contributed by atoms with Gasteiger partial charge in [-0.05, 0) is 5.92 Å². The Morgan fingerprint density at radius 2 is 2.00 bits per heavy atom. The van der Waals surface area contributed by atoms with E-state index in [0.29, 0.717) is 12.5 Å². The summed E-state index contributed by atoms with van der Waals surface area (Å²) in [6.07, 6.45) is 0. The monoisotopic (exact) mass is 213 g/mol. The van der Waals surface area contributed by atoms with Gasteiger partial charge in [0.05, 0.1) is 6.54 Å². The third-order valence-electron chi connectivity index (χ3n) is 2.63. The van der Waals surface area contributed by atoms with Gasteiger partial charge in [-0.1, -0.05) is 13.8 Å². The molecule has 0 aromatic rings. The van der Waals surface area contributed by atoms with Crippen molar-refractivity contribution in [2.24, 2.45) is 5.92 Å². The quantitative estimate of drug-likeness (QED) is 0.714. The maximum absolute atomic E-state index is 11.8. The lowest BCUT2D eigenvalue weighted by atomic mass is 10.2. The van der Waals surface area contributed by atoms with Crippen LogP contribution in [0, 0.1) is 5.92 Å². The molecule has 1 heterocycles. The summed E-state index contributed by atoms with van der Waals surface area (Å²) in [4.78, 5) is 15.9. The molecule has 0 radical (unpaired) electrons. The van der Waals surface area contributed by atoms with Crippen molar-refractivity contribution in [3.63, 3.8) is 0 Å². The second kappa shape index (κ2) is 6.08. The molecule has 1 aliphatic rings. The van der Waals surface area contributed by atoms with E-state index >= 15 is 0 Å². The SMILES string of the molecule is CC(C)CN(C)C(=O)CN1CCNCC1. The van der Waals surface area contributed by atoms with Gasteiger partial charge in [0.25, 0.3) is 0 Å². The fourth-order valence-electron chi connectivity index (χ4n) is 1.83. The second-order valence-electron chi connectivity index (χ2n) is 4.69. The first-order chi connectivity index (χ1) is 7.09. The van der Waals surface area contributed by atoms with Crippen molar-refractivity contribution in [1.82, 2.24) is 15.1 Å². The number of nitrogens with zero attached hydrogens (tertiary/aromatic N) is 2. The zero-order valence-corrected chi connectivity index (χ0v) is 10.1. The molecule has 15 heavy (non-hydrogen) atoms. The number of piperazine rings is 1. The van der Waals surface area contributed by atoms with Crippen molar-refractivity contribution in [1.29, 1.82) is 0 Å². The van der Waals surface area contributed by atoms with Crippen molar-refractivity contribution in [2.45, 2.75) is 13.8 Å². The maximum atomic E-state index is 11.8. The first kappa shape index (κ1) is 12.5. The van der Waals surface area contributed by atoms with Gasteiger partial charge in [-0.15, -0.1) is 0 Å². The van der Waals surface area contributed by atoms with Crippen LogP contribution in [0.25, 0.3) is 0 Å². The van der Waals surface area contributed by atoms with Crippen LogP contribution in [0.1, 0.15) is 13.8 Å². The predicted molar refractivity (Wildman–Crippen MR) is 61.8 cm³/mol. The molecule has 0 atom stereocenters. The Bertz CT molecular complexity index is 200. The molecule has 0 spiro atoms. The van der Waals surface area contributed by atoms with Gasteiger partial charge in [-0.25, -0.2) is 0 Å². The predicted octanol–water partition coefficient (Wildman–Crippen LogP) is 0.00600. The van der Waals surface area contributed by atoms with Crippen molar-refractivity contribution in [3.8, 4) is 0 Å². The van der Waals surface area contributed by atoms with Gasteiger partial charge in [0.15, 0.2) is 0 Å². The molecule has 0 aromatic heterocycles. The molecule has 4 heteroatoms. The Balaban J connectivity index is 2.27. The Morgan fingerprint density at radius 1 is 1.40 bits per heavy atom. The molecular formula is C11H23N3O. The normalized spacial score (nSPS) is 18.1. The van der Waals surface area contributed by atoms with Crippen LogP contribution in [-0.4, -0.2) is 62.0 Å². The van der Waals surface area contributed by atoms with Crippen LogP contribution in [0.15, 0.2) is 0 Å². The second-order valence-corrected chi connectivity index (χ2v) is 4.69. The highest BCUT2D eigenvalue weighted by Crippen LogP contribution is 1.99. The smallest absolute Gasteiger partial charge is 0.236 e. The molecule has 1 aliphatic heterocycles. The van der Waals surface area contributed by atoms with E-state index < -0.39 is 0 Å². The van der Waals surface area contributed by atoms with Crippen molar-refractivity contribution < 1.29 is 4.79 Å². The summed E-state index contributed by atoms with van der Waals surface area (Å²) < 4.78 is 0. The number of amides is 1. The summed E-state index contributed by atoms with van der Waals surface area (Å²) in [5.74, 6) is 0.785. The van der Waals surface area contributed by atoms with E-state index in [1.807, 2.05) is 11.9 Å². The molecule has 0 unspecified atom stereocenters. The molecule has 1 rings (SSSR count). The molecule has 1 fully saturated rings. The van der Waals surface area contributed by atoms with E-state index in [0.717, 1.165) is 32.7 Å². The number of rotatable bonds is 4. The number of hydrogen-bond acceptors (Lipinski definition) is 3. The van der Waals surface area contributed by atoms with Gasteiger partial charge >= 0.3 is 0 Å². The van der Waals surface area contributed by atoms with Gasteiger partial charge in [0, 0.05) is 39.8 Å². The summed E-state index contributed by atoms with van der Waals surface area (Å²) in [5, 5.41) is 3.28. The number of carbonyl (C=O) groups excluding carboxylic acids is 1. The average molecular weight is 213 g/mol. The highest BCUT2D eigenvalue weighted by molar-refractivity contribution is 5.78. The summed E-state index contributed by atoms with van der Waals surface area (Å²) in [5.41, 5.74) is 0. The minimum atomic E-state index is 0.241. The lowest BCUT2D eigenvalue weighted by Gasteiger charge is -2.29. The van der Waals surface area contributed by atoms with Crippen LogP contribution >= 0.6 is 0 Å². The van der Waals surface area contributed by atoms with Gasteiger partial charge in [0.1, 0.15) is 0 Å². The molecule has 1 amide bonds. The van der Waals surface area contributed by atoms with E-state index in [-0.39, 0.29) is 5.91 Å². The summed E-state index contributed by atoms with van der Waals surface area (Å²) in [6, 6.07) is 0. The standard InChI is InChI=1S/C11H23N3O/c1-10(2)8-13(3)11(15)9-14-6-4-12-5-7-14/h10,12H,4-9H2,1-3H3. The molecule has 88 valence electrons. The van der Waals surface area contributed by atoms with Crippen molar-refractivity contribution in [2.75, 3.05) is 46.3 Å². The fraction of sp³-hybridized carbons (Fsp3) is 0.909. The van der Waals surface area contributed by atoms with E-state index in [1.165, 1.54) is 0 Å².